The molecule has 1 aliphatic rings. The van der Waals surface area contributed by atoms with Gasteiger partial charge >= 0.3 is 0 Å². The molecular weight excluding hydrogens is 558 g/mol. The van der Waals surface area contributed by atoms with Gasteiger partial charge in [0, 0.05) is 32.0 Å². The van der Waals surface area contributed by atoms with Crippen LogP contribution in [-0.2, 0) is 32.6 Å². The molecule has 0 unspecified atom stereocenters. The van der Waals surface area contributed by atoms with Crippen LogP contribution in [0.2, 0.25) is 0 Å². The van der Waals surface area contributed by atoms with E-state index in [1.165, 1.54) is 10.6 Å². The normalized spacial score (nSPS) is 14.3. The molecule has 0 heterocycles. The molecular formula is C35H45N3O4S. The lowest BCUT2D eigenvalue weighted by Crippen LogP contribution is -2.52. The van der Waals surface area contributed by atoms with E-state index >= 15 is 0 Å². The Bertz CT molecular complexity index is 1500. The maximum absolute atomic E-state index is 14.1. The van der Waals surface area contributed by atoms with Crippen LogP contribution in [0, 0.1) is 20.8 Å². The molecule has 4 rings (SSSR count). The number of nitrogens with zero attached hydrogens (tertiary/aromatic N) is 2. The van der Waals surface area contributed by atoms with Crippen LogP contribution in [0.5, 0.6) is 0 Å². The quantitative estimate of drug-likeness (QED) is 0.265. The predicted octanol–water partition coefficient (Wildman–Crippen LogP) is 5.86. The first-order valence-electron chi connectivity index (χ1n) is 15.3. The molecule has 3 aromatic carbocycles. The topological polar surface area (TPSA) is 86.8 Å². The Hall–Kier alpha value is -3.65. The smallest absolute Gasteiger partial charge is 0.243 e. The summed E-state index contributed by atoms with van der Waals surface area (Å²) in [5, 5.41) is 3.24. The van der Waals surface area contributed by atoms with Gasteiger partial charge in [-0.1, -0.05) is 85.1 Å². The maximum Gasteiger partial charge on any atom is 0.243 e. The third-order valence-corrected chi connectivity index (χ3v) is 9.58. The molecule has 3 aromatic rings. The van der Waals surface area contributed by atoms with Crippen molar-refractivity contribution in [1.82, 2.24) is 10.2 Å². The SMILES string of the molecule is Cc1cccc(CN(C(=O)CCCN(c2cccc(C)c2C)S(C)(=O)=O)[C@@H](Cc2ccccc2)C(=O)NC2CCCC2)c1. The zero-order valence-corrected chi connectivity index (χ0v) is 26.7. The monoisotopic (exact) mass is 603 g/mol. The Morgan fingerprint density at radius 3 is 2.26 bits per heavy atom. The summed E-state index contributed by atoms with van der Waals surface area (Å²) in [6.07, 6.45) is 6.13. The second-order valence-electron chi connectivity index (χ2n) is 11.9. The standard InChI is InChI=1S/C35H45N3O4S/c1-26-13-10-17-30(23-26)25-37(33(24-29-15-6-5-7-16-29)35(40)36-31-18-8-9-19-31)34(39)21-12-22-38(43(4,41)42)32-20-11-14-27(2)28(32)3/h5-7,10-11,13-17,20,23,31,33H,8-9,12,18-19,21-22,24-25H2,1-4H3,(H,36,40)/t33-/m0/s1. The van der Waals surface area contributed by atoms with E-state index in [0.717, 1.165) is 53.5 Å². The van der Waals surface area contributed by atoms with Gasteiger partial charge in [-0.05, 0) is 68.4 Å². The summed E-state index contributed by atoms with van der Waals surface area (Å²) in [6, 6.07) is 22.8. The van der Waals surface area contributed by atoms with Crippen molar-refractivity contribution in [2.45, 2.75) is 84.3 Å². The van der Waals surface area contributed by atoms with Crippen molar-refractivity contribution in [3.8, 4) is 0 Å². The van der Waals surface area contributed by atoms with E-state index in [9.17, 15) is 18.0 Å². The predicted molar refractivity (Wildman–Crippen MR) is 173 cm³/mol. The van der Waals surface area contributed by atoms with Crippen molar-refractivity contribution in [2.75, 3.05) is 17.1 Å². The van der Waals surface area contributed by atoms with E-state index in [-0.39, 0.29) is 30.8 Å². The van der Waals surface area contributed by atoms with E-state index in [1.807, 2.05) is 87.5 Å². The maximum atomic E-state index is 14.1. The minimum absolute atomic E-state index is 0.116. The molecule has 1 fully saturated rings. The van der Waals surface area contributed by atoms with Crippen molar-refractivity contribution in [1.29, 1.82) is 0 Å². The van der Waals surface area contributed by atoms with Crippen LogP contribution in [0.4, 0.5) is 5.69 Å². The summed E-state index contributed by atoms with van der Waals surface area (Å²) >= 11 is 0. The van der Waals surface area contributed by atoms with E-state index in [4.69, 9.17) is 0 Å². The zero-order chi connectivity index (χ0) is 31.0. The molecule has 8 heteroatoms. The van der Waals surface area contributed by atoms with E-state index in [0.29, 0.717) is 25.1 Å². The fourth-order valence-electron chi connectivity index (χ4n) is 5.92. The van der Waals surface area contributed by atoms with Crippen molar-refractivity contribution < 1.29 is 18.0 Å². The van der Waals surface area contributed by atoms with Gasteiger partial charge in [-0.15, -0.1) is 0 Å². The van der Waals surface area contributed by atoms with Crippen LogP contribution in [-0.4, -0.2) is 50.0 Å². The van der Waals surface area contributed by atoms with Gasteiger partial charge in [0.25, 0.3) is 0 Å². The van der Waals surface area contributed by atoms with Gasteiger partial charge in [0.05, 0.1) is 11.9 Å². The first-order chi connectivity index (χ1) is 20.5. The first kappa shape index (κ1) is 32.3. The third-order valence-electron chi connectivity index (χ3n) is 8.40. The Labute approximate surface area is 257 Å². The highest BCUT2D eigenvalue weighted by Gasteiger charge is 2.32. The molecule has 2 amide bonds. The van der Waals surface area contributed by atoms with E-state index in [2.05, 4.69) is 5.32 Å². The minimum atomic E-state index is -3.57. The number of anilines is 1. The van der Waals surface area contributed by atoms with Crippen LogP contribution in [0.25, 0.3) is 0 Å². The number of sulfonamides is 1. The number of nitrogens with one attached hydrogen (secondary N) is 1. The van der Waals surface area contributed by atoms with Crippen LogP contribution in [0.1, 0.15) is 66.3 Å². The summed E-state index contributed by atoms with van der Waals surface area (Å²) < 4.78 is 27.0. The minimum Gasteiger partial charge on any atom is -0.352 e. The molecule has 230 valence electrons. The Morgan fingerprint density at radius 1 is 0.907 bits per heavy atom. The van der Waals surface area contributed by atoms with Gasteiger partial charge in [0.2, 0.25) is 21.8 Å². The fourth-order valence-corrected chi connectivity index (χ4v) is 6.93. The van der Waals surface area contributed by atoms with Crippen molar-refractivity contribution in [3.63, 3.8) is 0 Å². The number of hydrogen-bond acceptors (Lipinski definition) is 4. The van der Waals surface area contributed by atoms with Crippen molar-refractivity contribution in [2.24, 2.45) is 0 Å². The Balaban J connectivity index is 1.60. The molecule has 1 aliphatic carbocycles. The van der Waals surface area contributed by atoms with Gasteiger partial charge in [-0.25, -0.2) is 8.42 Å². The fraction of sp³-hybridized carbons (Fsp3) is 0.429. The Morgan fingerprint density at radius 2 is 1.58 bits per heavy atom. The number of hydrogen-bond donors (Lipinski definition) is 1. The Kier molecular flexibility index (Phi) is 11.0. The van der Waals surface area contributed by atoms with Crippen LogP contribution >= 0.6 is 0 Å². The molecule has 1 atom stereocenters. The molecule has 0 saturated heterocycles. The van der Waals surface area contributed by atoms with Crippen LogP contribution < -0.4 is 9.62 Å². The molecule has 0 spiro atoms. The highest BCUT2D eigenvalue weighted by Crippen LogP contribution is 2.26. The third kappa shape index (κ3) is 8.92. The number of amides is 2. The molecule has 0 bridgehead atoms. The molecule has 0 aliphatic heterocycles. The van der Waals surface area contributed by atoms with Gasteiger partial charge in [0.15, 0.2) is 0 Å². The lowest BCUT2D eigenvalue weighted by atomic mass is 10.0. The van der Waals surface area contributed by atoms with Gasteiger partial charge < -0.3 is 10.2 Å². The van der Waals surface area contributed by atoms with Crippen molar-refractivity contribution >= 4 is 27.5 Å². The lowest BCUT2D eigenvalue weighted by molar-refractivity contribution is -0.141. The molecule has 0 radical (unpaired) electrons. The van der Waals surface area contributed by atoms with E-state index < -0.39 is 16.1 Å². The largest absolute Gasteiger partial charge is 0.352 e. The van der Waals surface area contributed by atoms with Crippen LogP contribution in [0.3, 0.4) is 0 Å². The summed E-state index contributed by atoms with van der Waals surface area (Å²) in [5.74, 6) is -0.302. The highest BCUT2D eigenvalue weighted by atomic mass is 32.2. The molecule has 1 saturated carbocycles. The molecule has 7 nitrogen and oxygen atoms in total. The summed E-state index contributed by atoms with van der Waals surface area (Å²) in [7, 11) is -3.57. The number of benzene rings is 3. The van der Waals surface area contributed by atoms with Gasteiger partial charge in [0.1, 0.15) is 6.04 Å². The summed E-state index contributed by atoms with van der Waals surface area (Å²) in [4.78, 5) is 29.7. The number of rotatable bonds is 13. The number of carbonyl (C=O) groups is 2. The second kappa shape index (κ2) is 14.7. The van der Waals surface area contributed by atoms with Gasteiger partial charge in [-0.2, -0.15) is 0 Å². The second-order valence-corrected chi connectivity index (χ2v) is 13.8. The zero-order valence-electron chi connectivity index (χ0n) is 25.9. The van der Waals surface area contributed by atoms with Gasteiger partial charge in [-0.3, -0.25) is 13.9 Å². The van der Waals surface area contributed by atoms with Crippen LogP contribution in [0.15, 0.2) is 72.8 Å². The lowest BCUT2D eigenvalue weighted by Gasteiger charge is -2.33. The summed E-state index contributed by atoms with van der Waals surface area (Å²) in [6.45, 7) is 6.34. The van der Waals surface area contributed by atoms with Crippen molar-refractivity contribution in [3.05, 3.63) is 101 Å². The summed E-state index contributed by atoms with van der Waals surface area (Å²) in [5.41, 5.74) is 5.54. The average molecular weight is 604 g/mol. The average Bonchev–Trinajstić information content (AvgIpc) is 3.47. The first-order valence-corrected chi connectivity index (χ1v) is 17.1. The molecule has 43 heavy (non-hydrogen) atoms. The highest BCUT2D eigenvalue weighted by molar-refractivity contribution is 7.92. The number of carbonyl (C=O) groups excluding carboxylic acids is 2. The van der Waals surface area contributed by atoms with E-state index in [1.54, 1.807) is 11.0 Å². The molecule has 1 N–H and O–H groups in total. The number of aryl methyl sites for hydroxylation is 2. The molecule has 0 aromatic heterocycles.